The normalized spacial score (nSPS) is 11.0. The van der Waals surface area contributed by atoms with Gasteiger partial charge in [-0.15, -0.1) is 0 Å². The van der Waals surface area contributed by atoms with Crippen LogP contribution in [0, 0.1) is 6.92 Å². The highest BCUT2D eigenvalue weighted by molar-refractivity contribution is 6.31. The highest BCUT2D eigenvalue weighted by Crippen LogP contribution is 2.15. The number of hydrogen-bond donors (Lipinski definition) is 2. The maximum Gasteiger partial charge on any atom is 0.276 e. The zero-order valence-electron chi connectivity index (χ0n) is 14.1. The maximum absolute atomic E-state index is 12.5. The van der Waals surface area contributed by atoms with E-state index in [-0.39, 0.29) is 11.5 Å². The van der Waals surface area contributed by atoms with E-state index in [9.17, 15) is 9.59 Å². The van der Waals surface area contributed by atoms with Crippen LogP contribution in [-0.2, 0) is 13.0 Å². The number of benzene rings is 1. The summed E-state index contributed by atoms with van der Waals surface area (Å²) in [6.45, 7) is 4.10. The average molecular weight is 359 g/mol. The lowest BCUT2D eigenvalue weighted by Crippen LogP contribution is -2.25. The van der Waals surface area contributed by atoms with Gasteiger partial charge in [-0.1, -0.05) is 43.1 Å². The summed E-state index contributed by atoms with van der Waals surface area (Å²) in [7, 11) is 0. The molecule has 0 spiro atoms. The van der Waals surface area contributed by atoms with Crippen molar-refractivity contribution in [2.45, 2.75) is 33.2 Å². The van der Waals surface area contributed by atoms with Crippen molar-refractivity contribution >= 4 is 23.2 Å². The van der Waals surface area contributed by atoms with Gasteiger partial charge in [0.2, 0.25) is 0 Å². The molecule has 0 aliphatic carbocycles. The number of carbonyl (C=O) groups is 1. The van der Waals surface area contributed by atoms with E-state index in [1.165, 1.54) is 10.7 Å². The Morgan fingerprint density at radius 2 is 2.12 bits per heavy atom. The second kappa shape index (κ2) is 7.11. The number of amides is 1. The molecule has 3 rings (SSSR count). The van der Waals surface area contributed by atoms with Crippen molar-refractivity contribution in [2.75, 3.05) is 0 Å². The first kappa shape index (κ1) is 17.2. The fourth-order valence-corrected chi connectivity index (χ4v) is 2.98. The summed E-state index contributed by atoms with van der Waals surface area (Å²) in [6.07, 6.45) is 3.02. The topological polar surface area (TPSA) is 79.3 Å². The molecule has 0 radical (unpaired) electrons. The van der Waals surface area contributed by atoms with Gasteiger partial charge in [0.15, 0.2) is 5.65 Å². The van der Waals surface area contributed by atoms with Gasteiger partial charge in [-0.3, -0.25) is 14.7 Å². The molecule has 2 N–H and O–H groups in total. The van der Waals surface area contributed by atoms with E-state index in [0.717, 1.165) is 12.0 Å². The van der Waals surface area contributed by atoms with Crippen LogP contribution in [0.4, 0.5) is 0 Å². The number of aromatic amines is 1. The SMILES string of the molecule is CCCc1c(C)nc2c(C(=O)NCc3ccccc3Cl)c[nH]n2c1=O. The van der Waals surface area contributed by atoms with E-state index in [1.807, 2.05) is 25.1 Å². The lowest BCUT2D eigenvalue weighted by atomic mass is 10.1. The van der Waals surface area contributed by atoms with Crippen molar-refractivity contribution in [3.05, 3.63) is 68.2 Å². The first-order valence-corrected chi connectivity index (χ1v) is 8.52. The van der Waals surface area contributed by atoms with Gasteiger partial charge in [0.05, 0.1) is 0 Å². The molecule has 25 heavy (non-hydrogen) atoms. The first-order chi connectivity index (χ1) is 12.0. The van der Waals surface area contributed by atoms with Gasteiger partial charge in [-0.25, -0.2) is 9.50 Å². The van der Waals surface area contributed by atoms with Gasteiger partial charge in [0.1, 0.15) is 5.56 Å². The molecular weight excluding hydrogens is 340 g/mol. The Hall–Kier alpha value is -2.60. The molecule has 2 aromatic heterocycles. The molecule has 0 saturated carbocycles. The monoisotopic (exact) mass is 358 g/mol. The van der Waals surface area contributed by atoms with Crippen LogP contribution in [0.5, 0.6) is 0 Å². The Morgan fingerprint density at radius 3 is 2.84 bits per heavy atom. The van der Waals surface area contributed by atoms with E-state index in [2.05, 4.69) is 15.4 Å². The van der Waals surface area contributed by atoms with E-state index >= 15 is 0 Å². The lowest BCUT2D eigenvalue weighted by Gasteiger charge is -2.07. The van der Waals surface area contributed by atoms with Crippen molar-refractivity contribution in [2.24, 2.45) is 0 Å². The summed E-state index contributed by atoms with van der Waals surface area (Å²) in [5, 5.41) is 6.24. The predicted molar refractivity (Wildman–Crippen MR) is 97.2 cm³/mol. The summed E-state index contributed by atoms with van der Waals surface area (Å²) in [5.41, 5.74) is 2.66. The molecule has 0 saturated heterocycles. The van der Waals surface area contributed by atoms with Crippen molar-refractivity contribution < 1.29 is 4.79 Å². The van der Waals surface area contributed by atoms with Gasteiger partial charge in [-0.05, 0) is 25.0 Å². The molecule has 2 heterocycles. The number of H-pyrrole nitrogens is 1. The standard InChI is InChI=1S/C18H19ClN4O2/c1-3-6-13-11(2)22-16-14(10-21-23(16)18(13)25)17(24)20-9-12-7-4-5-8-15(12)19/h4-5,7-8,10,21H,3,6,9H2,1-2H3,(H,20,24). The van der Waals surface area contributed by atoms with Crippen LogP contribution in [0.2, 0.25) is 5.02 Å². The molecule has 0 atom stereocenters. The fraction of sp³-hybridized carbons (Fsp3) is 0.278. The summed E-state index contributed by atoms with van der Waals surface area (Å²) < 4.78 is 1.32. The number of fused-ring (bicyclic) bond motifs is 1. The quantitative estimate of drug-likeness (QED) is 0.736. The minimum atomic E-state index is -0.312. The largest absolute Gasteiger partial charge is 0.348 e. The van der Waals surface area contributed by atoms with E-state index in [4.69, 9.17) is 11.6 Å². The number of aromatic nitrogens is 3. The van der Waals surface area contributed by atoms with Gasteiger partial charge < -0.3 is 5.32 Å². The van der Waals surface area contributed by atoms with Crippen LogP contribution in [0.25, 0.3) is 5.65 Å². The molecule has 0 bridgehead atoms. The number of nitrogens with one attached hydrogen (secondary N) is 2. The third-order valence-corrected chi connectivity index (χ3v) is 4.47. The zero-order chi connectivity index (χ0) is 18.0. The molecule has 7 heteroatoms. The number of rotatable bonds is 5. The molecule has 0 fully saturated rings. The number of halogens is 1. The second-order valence-corrected chi connectivity index (χ2v) is 6.26. The molecule has 6 nitrogen and oxygen atoms in total. The minimum absolute atomic E-state index is 0.158. The van der Waals surface area contributed by atoms with E-state index in [0.29, 0.717) is 40.5 Å². The number of hydrogen-bond acceptors (Lipinski definition) is 3. The van der Waals surface area contributed by atoms with Crippen LogP contribution in [0.3, 0.4) is 0 Å². The predicted octanol–water partition coefficient (Wildman–Crippen LogP) is 2.87. The molecule has 3 aromatic rings. The van der Waals surface area contributed by atoms with Gasteiger partial charge in [0.25, 0.3) is 11.5 Å². The third kappa shape index (κ3) is 3.30. The van der Waals surface area contributed by atoms with Crippen molar-refractivity contribution in [1.29, 1.82) is 0 Å². The van der Waals surface area contributed by atoms with Crippen LogP contribution >= 0.6 is 11.6 Å². The van der Waals surface area contributed by atoms with Gasteiger partial charge in [-0.2, -0.15) is 0 Å². The molecule has 0 unspecified atom stereocenters. The second-order valence-electron chi connectivity index (χ2n) is 5.85. The number of carbonyl (C=O) groups excluding carboxylic acids is 1. The van der Waals surface area contributed by atoms with Crippen molar-refractivity contribution in [1.82, 2.24) is 19.9 Å². The molecule has 0 aliphatic heterocycles. The van der Waals surface area contributed by atoms with Gasteiger partial charge >= 0.3 is 0 Å². The first-order valence-electron chi connectivity index (χ1n) is 8.14. The fourth-order valence-electron chi connectivity index (χ4n) is 2.77. The molecule has 130 valence electrons. The number of nitrogens with zero attached hydrogens (tertiary/aromatic N) is 2. The third-order valence-electron chi connectivity index (χ3n) is 4.10. The Labute approximate surface area is 149 Å². The molecular formula is C18H19ClN4O2. The Kier molecular flexibility index (Phi) is 4.90. The minimum Gasteiger partial charge on any atom is -0.348 e. The summed E-state index contributed by atoms with van der Waals surface area (Å²) in [5.74, 6) is -0.312. The Balaban J connectivity index is 1.90. The van der Waals surface area contributed by atoms with Crippen molar-refractivity contribution in [3.63, 3.8) is 0 Å². The Bertz CT molecular complexity index is 990. The molecule has 0 aliphatic rings. The zero-order valence-corrected chi connectivity index (χ0v) is 14.9. The van der Waals surface area contributed by atoms with E-state index < -0.39 is 0 Å². The number of aryl methyl sites for hydroxylation is 1. The van der Waals surface area contributed by atoms with E-state index in [1.54, 1.807) is 13.0 Å². The molecule has 1 amide bonds. The van der Waals surface area contributed by atoms with Crippen molar-refractivity contribution in [3.8, 4) is 0 Å². The van der Waals surface area contributed by atoms with Gasteiger partial charge in [0, 0.05) is 29.0 Å². The molecule has 1 aromatic carbocycles. The van der Waals surface area contributed by atoms with Crippen LogP contribution in [0.15, 0.2) is 35.3 Å². The van der Waals surface area contributed by atoms with Crippen LogP contribution in [-0.4, -0.2) is 20.5 Å². The smallest absolute Gasteiger partial charge is 0.276 e. The highest BCUT2D eigenvalue weighted by atomic mass is 35.5. The van der Waals surface area contributed by atoms with Crippen LogP contribution < -0.4 is 10.9 Å². The average Bonchev–Trinajstić information content (AvgIpc) is 3.01. The summed E-state index contributed by atoms with van der Waals surface area (Å²) in [6, 6.07) is 7.31. The highest BCUT2D eigenvalue weighted by Gasteiger charge is 2.17. The van der Waals surface area contributed by atoms with Crippen LogP contribution in [0.1, 0.15) is 40.5 Å². The lowest BCUT2D eigenvalue weighted by molar-refractivity contribution is 0.0952. The summed E-state index contributed by atoms with van der Waals surface area (Å²) in [4.78, 5) is 29.5. The Morgan fingerprint density at radius 1 is 1.36 bits per heavy atom. The summed E-state index contributed by atoms with van der Waals surface area (Å²) >= 11 is 6.10. The maximum atomic E-state index is 12.5.